The molecule has 22 heavy (non-hydrogen) atoms. The Balaban J connectivity index is 1.79. The van der Waals surface area contributed by atoms with Crippen LogP contribution < -0.4 is 21.3 Å². The monoisotopic (exact) mass is 364 g/mol. The molecule has 1 aliphatic heterocycles. The molecule has 1 saturated heterocycles. The Labute approximate surface area is 136 Å². The van der Waals surface area contributed by atoms with Crippen molar-refractivity contribution in [3.63, 3.8) is 0 Å². The molecule has 1 fully saturated rings. The van der Waals surface area contributed by atoms with Crippen molar-refractivity contribution in [3.05, 3.63) is 34.6 Å². The molecular weight excluding hydrogens is 348 g/mol. The van der Waals surface area contributed by atoms with Gasteiger partial charge in [-0.1, -0.05) is 0 Å². The number of hydrogen-bond donors (Lipinski definition) is 4. The molecule has 0 saturated carbocycles. The third-order valence-corrected chi connectivity index (χ3v) is 4.20. The molecule has 2 aromatic rings. The fourth-order valence-electron chi connectivity index (χ4n) is 2.37. The van der Waals surface area contributed by atoms with Gasteiger partial charge < -0.3 is 26.3 Å². The minimum Gasteiger partial charge on any atom is -0.369 e. The Hall–Kier alpha value is -2.06. The number of aromatic nitrogens is 2. The summed E-state index contributed by atoms with van der Waals surface area (Å²) < 4.78 is 0.822. The molecule has 2 heterocycles. The summed E-state index contributed by atoms with van der Waals surface area (Å²) in [7, 11) is 0. The summed E-state index contributed by atoms with van der Waals surface area (Å²) in [6.45, 7) is 3.82. The number of nitrogen functional groups attached to an aromatic ring is 1. The van der Waals surface area contributed by atoms with E-state index in [2.05, 4.69) is 41.4 Å². The molecule has 0 spiro atoms. The highest BCUT2D eigenvalue weighted by Gasteiger charge is 2.15. The summed E-state index contributed by atoms with van der Waals surface area (Å²) in [6.07, 6.45) is 1.48. The third-order valence-electron chi connectivity index (χ3n) is 3.51. The zero-order valence-corrected chi connectivity index (χ0v) is 13.5. The van der Waals surface area contributed by atoms with Gasteiger partial charge in [0.05, 0.1) is 5.69 Å². The topological polar surface area (TPSA) is 99.1 Å². The molecule has 8 heteroatoms. The van der Waals surface area contributed by atoms with Gasteiger partial charge in [-0.15, -0.1) is 0 Å². The predicted octanol–water partition coefficient (Wildman–Crippen LogP) is 1.42. The number of aromatic amines is 1. The van der Waals surface area contributed by atoms with Crippen molar-refractivity contribution in [2.75, 3.05) is 42.1 Å². The van der Waals surface area contributed by atoms with Gasteiger partial charge >= 0.3 is 0 Å². The molecule has 1 aromatic carbocycles. The van der Waals surface area contributed by atoms with Crippen LogP contribution in [0.4, 0.5) is 17.3 Å². The van der Waals surface area contributed by atoms with Crippen LogP contribution in [-0.2, 0) is 0 Å². The number of hydrogen-bond acceptors (Lipinski definition) is 5. The summed E-state index contributed by atoms with van der Waals surface area (Å²) in [5, 5.41) is 6.18. The van der Waals surface area contributed by atoms with Gasteiger partial charge in [0.2, 0.25) is 0 Å². The van der Waals surface area contributed by atoms with Crippen molar-refractivity contribution in [3.8, 4) is 0 Å². The van der Waals surface area contributed by atoms with Crippen LogP contribution in [0.2, 0.25) is 0 Å². The lowest BCUT2D eigenvalue weighted by molar-refractivity contribution is 0.102. The van der Waals surface area contributed by atoms with Crippen molar-refractivity contribution in [2.24, 2.45) is 0 Å². The average molecular weight is 365 g/mol. The number of carbonyl (C=O) groups is 1. The molecule has 5 N–H and O–H groups in total. The number of nitrogens with two attached hydrogens (primary N) is 1. The Morgan fingerprint density at radius 1 is 1.36 bits per heavy atom. The average Bonchev–Trinajstić information content (AvgIpc) is 2.97. The third kappa shape index (κ3) is 3.23. The van der Waals surface area contributed by atoms with Gasteiger partial charge in [-0.05, 0) is 34.1 Å². The predicted molar refractivity (Wildman–Crippen MR) is 90.2 cm³/mol. The Bertz CT molecular complexity index is 680. The van der Waals surface area contributed by atoms with E-state index in [1.54, 1.807) is 0 Å². The molecule has 1 aliphatic rings. The van der Waals surface area contributed by atoms with E-state index in [-0.39, 0.29) is 17.5 Å². The molecule has 1 amide bonds. The van der Waals surface area contributed by atoms with Crippen molar-refractivity contribution < 1.29 is 4.79 Å². The van der Waals surface area contributed by atoms with Gasteiger partial charge in [0.1, 0.15) is 5.69 Å². The molecule has 7 nitrogen and oxygen atoms in total. The number of rotatable bonds is 3. The van der Waals surface area contributed by atoms with E-state index in [9.17, 15) is 4.79 Å². The van der Waals surface area contributed by atoms with Crippen LogP contribution in [0.3, 0.4) is 0 Å². The second-order valence-electron chi connectivity index (χ2n) is 5.03. The highest BCUT2D eigenvalue weighted by Crippen LogP contribution is 2.28. The fourth-order valence-corrected chi connectivity index (χ4v) is 2.71. The zero-order chi connectivity index (χ0) is 15.5. The number of amides is 1. The zero-order valence-electron chi connectivity index (χ0n) is 11.9. The largest absolute Gasteiger partial charge is 0.369 e. The van der Waals surface area contributed by atoms with E-state index >= 15 is 0 Å². The maximum absolute atomic E-state index is 12.2. The van der Waals surface area contributed by atoms with Crippen molar-refractivity contribution >= 4 is 39.2 Å². The molecular formula is C14H17BrN6O. The molecule has 0 bridgehead atoms. The normalized spacial score (nSPS) is 14.9. The fraction of sp³-hybridized carbons (Fsp3) is 0.286. The number of imidazole rings is 1. The van der Waals surface area contributed by atoms with Crippen LogP contribution >= 0.6 is 15.9 Å². The maximum Gasteiger partial charge on any atom is 0.275 e. The number of halogens is 1. The van der Waals surface area contributed by atoms with Crippen LogP contribution in [0.15, 0.2) is 28.9 Å². The van der Waals surface area contributed by atoms with Crippen LogP contribution in [0.5, 0.6) is 0 Å². The molecule has 1 aromatic heterocycles. The molecule has 0 radical (unpaired) electrons. The molecule has 0 atom stereocenters. The van der Waals surface area contributed by atoms with E-state index in [0.717, 1.165) is 36.3 Å². The lowest BCUT2D eigenvalue weighted by Crippen LogP contribution is -2.43. The van der Waals surface area contributed by atoms with E-state index in [1.807, 2.05) is 18.2 Å². The van der Waals surface area contributed by atoms with Crippen molar-refractivity contribution in [2.45, 2.75) is 0 Å². The maximum atomic E-state index is 12.2. The molecule has 116 valence electrons. The minimum atomic E-state index is -0.300. The highest BCUT2D eigenvalue weighted by atomic mass is 79.9. The van der Waals surface area contributed by atoms with Gasteiger partial charge in [0.15, 0.2) is 5.95 Å². The number of nitrogens with one attached hydrogen (secondary N) is 3. The Morgan fingerprint density at radius 2 is 2.14 bits per heavy atom. The first-order valence-electron chi connectivity index (χ1n) is 7.01. The van der Waals surface area contributed by atoms with Crippen LogP contribution in [-0.4, -0.2) is 42.1 Å². The van der Waals surface area contributed by atoms with Gasteiger partial charge in [0.25, 0.3) is 5.91 Å². The quantitative estimate of drug-likeness (QED) is 0.659. The number of carbonyl (C=O) groups excluding carboxylic acids is 1. The SMILES string of the molecule is Nc1nc(C(=O)Nc2cc(N3CCNCC3)ccc2Br)c[nH]1. The van der Waals surface area contributed by atoms with Gasteiger partial charge in [-0.3, -0.25) is 4.79 Å². The lowest BCUT2D eigenvalue weighted by Gasteiger charge is -2.29. The number of piperazine rings is 1. The van der Waals surface area contributed by atoms with E-state index in [0.29, 0.717) is 5.69 Å². The number of nitrogens with zero attached hydrogens (tertiary/aromatic N) is 2. The van der Waals surface area contributed by atoms with Gasteiger partial charge in [-0.25, -0.2) is 4.98 Å². The van der Waals surface area contributed by atoms with Crippen LogP contribution in [0.1, 0.15) is 10.5 Å². The van der Waals surface area contributed by atoms with Crippen molar-refractivity contribution in [1.82, 2.24) is 15.3 Å². The first kappa shape index (κ1) is 14.9. The van der Waals surface area contributed by atoms with Crippen LogP contribution in [0.25, 0.3) is 0 Å². The second kappa shape index (κ2) is 6.37. The number of H-pyrrole nitrogens is 1. The van der Waals surface area contributed by atoms with E-state index in [4.69, 9.17) is 5.73 Å². The molecule has 0 aliphatic carbocycles. The van der Waals surface area contributed by atoms with Gasteiger partial charge in [-0.2, -0.15) is 0 Å². The van der Waals surface area contributed by atoms with Crippen molar-refractivity contribution in [1.29, 1.82) is 0 Å². The van der Waals surface area contributed by atoms with Gasteiger partial charge in [0, 0.05) is 42.5 Å². The summed E-state index contributed by atoms with van der Waals surface area (Å²) >= 11 is 3.46. The number of benzene rings is 1. The Morgan fingerprint density at radius 3 is 2.82 bits per heavy atom. The standard InChI is InChI=1S/C14H17BrN6O/c15-10-2-1-9(21-5-3-17-4-6-21)7-11(10)19-13(22)12-8-18-14(16)20-12/h1-2,7-8,17H,3-6H2,(H,19,22)(H3,16,18,20). The highest BCUT2D eigenvalue weighted by molar-refractivity contribution is 9.10. The minimum absolute atomic E-state index is 0.221. The Kier molecular flexibility index (Phi) is 4.30. The summed E-state index contributed by atoms with van der Waals surface area (Å²) in [6, 6.07) is 5.94. The summed E-state index contributed by atoms with van der Waals surface area (Å²) in [5.74, 6) is -0.0788. The van der Waals surface area contributed by atoms with E-state index < -0.39 is 0 Å². The smallest absolute Gasteiger partial charge is 0.275 e. The van der Waals surface area contributed by atoms with Crippen LogP contribution in [0, 0.1) is 0 Å². The molecule has 3 rings (SSSR count). The summed E-state index contributed by atoms with van der Waals surface area (Å²) in [5.41, 5.74) is 7.55. The summed E-state index contributed by atoms with van der Waals surface area (Å²) in [4.78, 5) is 21.1. The molecule has 0 unspecified atom stereocenters. The first-order chi connectivity index (χ1) is 10.6. The van der Waals surface area contributed by atoms with E-state index in [1.165, 1.54) is 6.20 Å². The number of anilines is 3. The second-order valence-corrected chi connectivity index (χ2v) is 5.88. The first-order valence-corrected chi connectivity index (χ1v) is 7.80. The lowest BCUT2D eigenvalue weighted by atomic mass is 10.2.